The van der Waals surface area contributed by atoms with Crippen LogP contribution >= 0.6 is 0 Å². The molecule has 0 radical (unpaired) electrons. The Kier molecular flexibility index (Phi) is 4.55. The fourth-order valence-corrected chi connectivity index (χ4v) is 3.01. The summed E-state index contributed by atoms with van der Waals surface area (Å²) < 4.78 is 6.13. The Morgan fingerprint density at radius 3 is 2.29 bits per heavy atom. The second kappa shape index (κ2) is 5.20. The van der Waals surface area contributed by atoms with Crippen molar-refractivity contribution in [2.24, 2.45) is 11.8 Å². The molecule has 0 spiro atoms. The minimum absolute atomic E-state index is 0.108. The average Bonchev–Trinajstić information content (AvgIpc) is 2.54. The van der Waals surface area contributed by atoms with E-state index in [1.807, 2.05) is 0 Å². The molecule has 1 N–H and O–H groups in total. The average molecular weight is 258 g/mol. The summed E-state index contributed by atoms with van der Waals surface area (Å²) in [4.78, 5) is 11.4. The van der Waals surface area contributed by atoms with Crippen LogP contribution in [-0.2, 0) is 9.22 Å². The van der Waals surface area contributed by atoms with E-state index < -0.39 is 8.32 Å². The highest BCUT2D eigenvalue weighted by Gasteiger charge is 2.39. The van der Waals surface area contributed by atoms with Crippen molar-refractivity contribution < 1.29 is 14.3 Å². The Balaban J connectivity index is 2.53. The standard InChI is InChI=1S/C13H26O3Si/c1-13(2,3)17(4,5)16-9-11-7-12(15)6-10(11)8-14/h10-11,14H,6-9H2,1-5H3/t10-,11-/m0/s1. The molecule has 1 fully saturated rings. The zero-order chi connectivity index (χ0) is 13.3. The first kappa shape index (κ1) is 14.9. The summed E-state index contributed by atoms with van der Waals surface area (Å²) in [6.45, 7) is 11.8. The van der Waals surface area contributed by atoms with Gasteiger partial charge in [0.2, 0.25) is 0 Å². The van der Waals surface area contributed by atoms with Crippen LogP contribution in [0.4, 0.5) is 0 Å². The predicted octanol–water partition coefficient (Wildman–Crippen LogP) is 2.60. The molecule has 17 heavy (non-hydrogen) atoms. The van der Waals surface area contributed by atoms with E-state index in [1.54, 1.807) is 0 Å². The van der Waals surface area contributed by atoms with Crippen molar-refractivity contribution in [3.05, 3.63) is 0 Å². The van der Waals surface area contributed by atoms with Gasteiger partial charge in [0.25, 0.3) is 0 Å². The molecule has 0 unspecified atom stereocenters. The third kappa shape index (κ3) is 3.63. The molecule has 3 nitrogen and oxygen atoms in total. The molecule has 2 atom stereocenters. The van der Waals surface area contributed by atoms with E-state index in [1.165, 1.54) is 0 Å². The third-order valence-corrected chi connectivity index (χ3v) is 8.85. The molecular formula is C13H26O3Si. The van der Waals surface area contributed by atoms with Crippen molar-refractivity contribution in [3.8, 4) is 0 Å². The highest BCUT2D eigenvalue weighted by Crippen LogP contribution is 2.38. The van der Waals surface area contributed by atoms with E-state index in [0.29, 0.717) is 19.4 Å². The third-order valence-electron chi connectivity index (χ3n) is 4.35. The van der Waals surface area contributed by atoms with E-state index in [4.69, 9.17) is 4.43 Å². The van der Waals surface area contributed by atoms with E-state index in [2.05, 4.69) is 33.9 Å². The Hall–Kier alpha value is -0.193. The number of ketones is 1. The molecule has 0 aliphatic heterocycles. The summed E-state index contributed by atoms with van der Waals surface area (Å²) in [7, 11) is -1.73. The lowest BCUT2D eigenvalue weighted by molar-refractivity contribution is -0.117. The first-order valence-corrected chi connectivity index (χ1v) is 9.34. The van der Waals surface area contributed by atoms with Crippen LogP contribution in [0.15, 0.2) is 0 Å². The topological polar surface area (TPSA) is 46.5 Å². The largest absolute Gasteiger partial charge is 0.417 e. The highest BCUT2D eigenvalue weighted by molar-refractivity contribution is 6.74. The van der Waals surface area contributed by atoms with Gasteiger partial charge in [0, 0.05) is 26.1 Å². The Labute approximate surface area is 106 Å². The molecule has 0 aromatic rings. The maximum Gasteiger partial charge on any atom is 0.191 e. The monoisotopic (exact) mass is 258 g/mol. The first-order valence-electron chi connectivity index (χ1n) is 6.44. The summed E-state index contributed by atoms with van der Waals surface area (Å²) in [5.41, 5.74) is 0. The molecule has 0 amide bonds. The molecule has 1 aliphatic rings. The molecule has 0 aromatic carbocycles. The van der Waals surface area contributed by atoms with Crippen LogP contribution in [0, 0.1) is 11.8 Å². The molecule has 0 heterocycles. The van der Waals surface area contributed by atoms with Crippen molar-refractivity contribution in [2.45, 2.75) is 51.7 Å². The Morgan fingerprint density at radius 1 is 1.29 bits per heavy atom. The number of aliphatic hydroxyl groups excluding tert-OH is 1. The van der Waals surface area contributed by atoms with Gasteiger partial charge in [-0.3, -0.25) is 4.79 Å². The molecule has 0 bridgehead atoms. The minimum Gasteiger partial charge on any atom is -0.417 e. The SMILES string of the molecule is CC(C)(C)[Si](C)(C)OC[C@@H]1CC(=O)C[C@H]1CO. The van der Waals surface area contributed by atoms with E-state index >= 15 is 0 Å². The smallest absolute Gasteiger partial charge is 0.191 e. The molecule has 0 saturated heterocycles. The van der Waals surface area contributed by atoms with Gasteiger partial charge in [-0.2, -0.15) is 0 Å². The van der Waals surface area contributed by atoms with Crippen molar-refractivity contribution in [3.63, 3.8) is 0 Å². The van der Waals surface area contributed by atoms with Gasteiger partial charge in [0.05, 0.1) is 0 Å². The van der Waals surface area contributed by atoms with Crippen molar-refractivity contribution in [1.82, 2.24) is 0 Å². The zero-order valence-corrected chi connectivity index (χ0v) is 12.7. The van der Waals surface area contributed by atoms with E-state index in [-0.39, 0.29) is 29.3 Å². The number of hydrogen-bond acceptors (Lipinski definition) is 3. The fourth-order valence-electron chi connectivity index (χ4n) is 1.94. The predicted molar refractivity (Wildman–Crippen MR) is 71.5 cm³/mol. The minimum atomic E-state index is -1.73. The lowest BCUT2D eigenvalue weighted by Gasteiger charge is -2.37. The van der Waals surface area contributed by atoms with Crippen LogP contribution in [0.3, 0.4) is 0 Å². The van der Waals surface area contributed by atoms with Crippen LogP contribution < -0.4 is 0 Å². The van der Waals surface area contributed by atoms with Crippen LogP contribution in [0.1, 0.15) is 33.6 Å². The lowest BCUT2D eigenvalue weighted by Crippen LogP contribution is -2.42. The number of carbonyl (C=O) groups is 1. The molecule has 100 valence electrons. The van der Waals surface area contributed by atoms with Gasteiger partial charge in [-0.05, 0) is 30.0 Å². The second-order valence-electron chi connectivity index (χ2n) is 6.72. The maximum atomic E-state index is 11.4. The molecule has 1 aliphatic carbocycles. The molecule has 1 saturated carbocycles. The van der Waals surface area contributed by atoms with Crippen LogP contribution in [0.2, 0.25) is 18.1 Å². The Morgan fingerprint density at radius 2 is 1.82 bits per heavy atom. The normalized spacial score (nSPS) is 26.6. The molecule has 1 rings (SSSR count). The number of Topliss-reactive ketones (excluding diaryl/α,β-unsaturated/α-hetero) is 1. The van der Waals surface area contributed by atoms with Gasteiger partial charge in [-0.15, -0.1) is 0 Å². The second-order valence-corrected chi connectivity index (χ2v) is 11.5. The summed E-state index contributed by atoms with van der Waals surface area (Å²) in [5, 5.41) is 9.45. The summed E-state index contributed by atoms with van der Waals surface area (Å²) in [6, 6.07) is 0. The highest BCUT2D eigenvalue weighted by atomic mass is 28.4. The van der Waals surface area contributed by atoms with Gasteiger partial charge in [0.1, 0.15) is 5.78 Å². The molecule has 0 aromatic heterocycles. The maximum absolute atomic E-state index is 11.4. The van der Waals surface area contributed by atoms with E-state index in [9.17, 15) is 9.90 Å². The van der Waals surface area contributed by atoms with Gasteiger partial charge < -0.3 is 9.53 Å². The fraction of sp³-hybridized carbons (Fsp3) is 0.923. The van der Waals surface area contributed by atoms with Gasteiger partial charge >= 0.3 is 0 Å². The van der Waals surface area contributed by atoms with Crippen molar-refractivity contribution in [2.75, 3.05) is 13.2 Å². The number of carbonyl (C=O) groups excluding carboxylic acids is 1. The number of hydrogen-bond donors (Lipinski definition) is 1. The lowest BCUT2D eigenvalue weighted by atomic mass is 9.98. The van der Waals surface area contributed by atoms with Gasteiger partial charge in [-0.25, -0.2) is 0 Å². The van der Waals surface area contributed by atoms with Crippen LogP contribution in [0.5, 0.6) is 0 Å². The summed E-state index contributed by atoms with van der Waals surface area (Å²) >= 11 is 0. The van der Waals surface area contributed by atoms with Crippen LogP contribution in [-0.4, -0.2) is 32.4 Å². The zero-order valence-electron chi connectivity index (χ0n) is 11.7. The van der Waals surface area contributed by atoms with E-state index in [0.717, 1.165) is 0 Å². The summed E-state index contributed by atoms with van der Waals surface area (Å²) in [5.74, 6) is 0.613. The van der Waals surface area contributed by atoms with Gasteiger partial charge in [-0.1, -0.05) is 20.8 Å². The quantitative estimate of drug-likeness (QED) is 0.788. The van der Waals surface area contributed by atoms with Crippen LogP contribution in [0.25, 0.3) is 0 Å². The first-order chi connectivity index (χ1) is 7.67. The number of aliphatic hydroxyl groups is 1. The van der Waals surface area contributed by atoms with Crippen molar-refractivity contribution >= 4 is 14.1 Å². The van der Waals surface area contributed by atoms with Gasteiger partial charge in [0.15, 0.2) is 8.32 Å². The number of rotatable bonds is 4. The van der Waals surface area contributed by atoms with Crippen molar-refractivity contribution in [1.29, 1.82) is 0 Å². The molecular weight excluding hydrogens is 232 g/mol. The summed E-state index contributed by atoms with van der Waals surface area (Å²) in [6.07, 6.45) is 1.11. The molecule has 4 heteroatoms. The Bertz CT molecular complexity index is 281.